The van der Waals surface area contributed by atoms with Crippen molar-refractivity contribution in [2.75, 3.05) is 5.75 Å². The molecule has 1 rings (SSSR count). The third-order valence-electron chi connectivity index (χ3n) is 2.74. The minimum absolute atomic E-state index is 0.141. The van der Waals surface area contributed by atoms with Gasteiger partial charge in [-0.15, -0.1) is 0 Å². The number of unbranched alkanes of at least 4 members (excludes halogenated alkanes) is 1. The second-order valence-electron chi connectivity index (χ2n) is 5.25. The molecule has 0 bridgehead atoms. The molecule has 0 aromatic rings. The first-order chi connectivity index (χ1) is 7.00. The molecule has 1 saturated heterocycles. The molecule has 1 aliphatic rings. The molecule has 0 aromatic heterocycles. The normalized spacial score (nSPS) is 21.9. The molecule has 0 aromatic carbocycles. The Bertz CT molecular complexity index is 202. The Balaban J connectivity index is 2.03. The van der Waals surface area contributed by atoms with Gasteiger partial charge in [0.05, 0.1) is 0 Å². The maximum atomic E-state index is 11.7. The number of Topliss-reactive ketones (excluding diaryl/α,β-unsaturated/α-hetero) is 1. The van der Waals surface area contributed by atoms with E-state index in [9.17, 15) is 4.79 Å². The maximum absolute atomic E-state index is 11.7. The molecule has 1 nitrogen and oxygen atoms in total. The van der Waals surface area contributed by atoms with Crippen molar-refractivity contribution in [1.29, 1.82) is 0 Å². The van der Waals surface area contributed by atoms with Gasteiger partial charge >= 0.3 is 0 Å². The van der Waals surface area contributed by atoms with Crippen LogP contribution in [0.3, 0.4) is 0 Å². The van der Waals surface area contributed by atoms with Crippen molar-refractivity contribution < 1.29 is 4.79 Å². The Kier molecular flexibility index (Phi) is 5.54. The van der Waals surface area contributed by atoms with Gasteiger partial charge in [0, 0.05) is 22.8 Å². The van der Waals surface area contributed by atoms with E-state index < -0.39 is 0 Å². The number of ketones is 1. The molecule has 1 aliphatic heterocycles. The zero-order valence-corrected chi connectivity index (χ0v) is 11.7. The summed E-state index contributed by atoms with van der Waals surface area (Å²) in [7, 11) is 4.04. The highest BCUT2D eigenvalue weighted by atomic mass is 33.1. The predicted molar refractivity (Wildman–Crippen MR) is 71.4 cm³/mol. The van der Waals surface area contributed by atoms with Crippen LogP contribution in [0.5, 0.6) is 0 Å². The summed E-state index contributed by atoms with van der Waals surface area (Å²) in [5.74, 6) is 1.73. The van der Waals surface area contributed by atoms with Gasteiger partial charge in [-0.1, -0.05) is 48.8 Å². The lowest BCUT2D eigenvalue weighted by atomic mass is 9.88. The summed E-state index contributed by atoms with van der Waals surface area (Å²) in [6, 6.07) is 0. The van der Waals surface area contributed by atoms with Gasteiger partial charge in [0.15, 0.2) is 0 Å². The maximum Gasteiger partial charge on any atom is 0.138 e. The fourth-order valence-corrected chi connectivity index (χ4v) is 4.62. The van der Waals surface area contributed by atoms with Crippen molar-refractivity contribution in [3.8, 4) is 0 Å². The molecule has 0 amide bonds. The monoisotopic (exact) mass is 246 g/mol. The van der Waals surface area contributed by atoms with Crippen molar-refractivity contribution in [2.45, 2.75) is 58.1 Å². The molecular weight excluding hydrogens is 224 g/mol. The van der Waals surface area contributed by atoms with Crippen LogP contribution in [0.1, 0.15) is 52.9 Å². The minimum atomic E-state index is -0.141. The van der Waals surface area contributed by atoms with Crippen LogP contribution in [0.15, 0.2) is 0 Å². The largest absolute Gasteiger partial charge is 0.299 e. The van der Waals surface area contributed by atoms with Gasteiger partial charge < -0.3 is 0 Å². The van der Waals surface area contributed by atoms with Gasteiger partial charge in [-0.2, -0.15) is 0 Å². The Hall–Kier alpha value is 0.370. The van der Waals surface area contributed by atoms with Crippen LogP contribution in [0, 0.1) is 5.41 Å². The Morgan fingerprint density at radius 1 is 1.33 bits per heavy atom. The van der Waals surface area contributed by atoms with Gasteiger partial charge in [0.1, 0.15) is 5.78 Å². The number of hydrogen-bond donors (Lipinski definition) is 0. The van der Waals surface area contributed by atoms with Gasteiger partial charge in [-0.25, -0.2) is 0 Å². The number of hydrogen-bond acceptors (Lipinski definition) is 3. The van der Waals surface area contributed by atoms with E-state index in [-0.39, 0.29) is 5.41 Å². The predicted octanol–water partition coefficient (Wildman–Crippen LogP) is 4.32. The molecule has 0 aliphatic carbocycles. The highest BCUT2D eigenvalue weighted by Crippen LogP contribution is 2.39. The highest BCUT2D eigenvalue weighted by molar-refractivity contribution is 8.77. The van der Waals surface area contributed by atoms with Crippen LogP contribution in [0.25, 0.3) is 0 Å². The molecule has 0 spiro atoms. The van der Waals surface area contributed by atoms with Crippen molar-refractivity contribution >= 4 is 27.4 Å². The van der Waals surface area contributed by atoms with E-state index in [4.69, 9.17) is 0 Å². The molecule has 0 N–H and O–H groups in total. The molecule has 0 saturated carbocycles. The topological polar surface area (TPSA) is 17.1 Å². The number of carbonyl (C=O) groups excluding carboxylic acids is 1. The quantitative estimate of drug-likeness (QED) is 0.531. The third kappa shape index (κ3) is 5.30. The lowest BCUT2D eigenvalue weighted by Gasteiger charge is -2.16. The molecule has 88 valence electrons. The number of carbonyl (C=O) groups is 1. The zero-order chi connectivity index (χ0) is 11.3. The Morgan fingerprint density at radius 3 is 2.60 bits per heavy atom. The highest BCUT2D eigenvalue weighted by Gasteiger charge is 2.21. The van der Waals surface area contributed by atoms with Crippen molar-refractivity contribution in [1.82, 2.24) is 0 Å². The van der Waals surface area contributed by atoms with Crippen LogP contribution in [0.4, 0.5) is 0 Å². The summed E-state index contributed by atoms with van der Waals surface area (Å²) in [5, 5.41) is 0.861. The Morgan fingerprint density at radius 2 is 2.07 bits per heavy atom. The summed E-state index contributed by atoms with van der Waals surface area (Å²) >= 11 is 0. The van der Waals surface area contributed by atoms with Crippen molar-refractivity contribution in [3.63, 3.8) is 0 Å². The van der Waals surface area contributed by atoms with Gasteiger partial charge in [0.2, 0.25) is 0 Å². The van der Waals surface area contributed by atoms with E-state index in [0.29, 0.717) is 5.78 Å². The first-order valence-corrected chi connectivity index (χ1v) is 8.20. The fourth-order valence-electron chi connectivity index (χ4n) is 1.60. The van der Waals surface area contributed by atoms with E-state index in [1.807, 2.05) is 42.4 Å². The van der Waals surface area contributed by atoms with Gasteiger partial charge in [-0.05, 0) is 19.3 Å². The van der Waals surface area contributed by atoms with Crippen molar-refractivity contribution in [2.24, 2.45) is 5.41 Å². The molecule has 3 heteroatoms. The summed E-state index contributed by atoms with van der Waals surface area (Å²) in [6.07, 6.45) is 5.74. The zero-order valence-electron chi connectivity index (χ0n) is 10.0. The van der Waals surface area contributed by atoms with E-state index in [0.717, 1.165) is 18.1 Å². The Labute approximate surface area is 102 Å². The first kappa shape index (κ1) is 13.4. The summed E-state index contributed by atoms with van der Waals surface area (Å²) < 4.78 is 0. The molecule has 0 radical (unpaired) electrons. The van der Waals surface area contributed by atoms with Crippen molar-refractivity contribution in [3.05, 3.63) is 0 Å². The van der Waals surface area contributed by atoms with Crippen LogP contribution in [-0.4, -0.2) is 16.8 Å². The van der Waals surface area contributed by atoms with E-state index in [2.05, 4.69) is 0 Å². The number of rotatable bonds is 5. The summed E-state index contributed by atoms with van der Waals surface area (Å²) in [4.78, 5) is 11.7. The molecule has 1 unspecified atom stereocenters. The lowest BCUT2D eigenvalue weighted by molar-refractivity contribution is -0.126. The summed E-state index contributed by atoms with van der Waals surface area (Å²) in [5.41, 5.74) is -0.141. The minimum Gasteiger partial charge on any atom is -0.299 e. The van der Waals surface area contributed by atoms with Crippen LogP contribution in [-0.2, 0) is 4.79 Å². The molecule has 1 atom stereocenters. The van der Waals surface area contributed by atoms with Crippen LogP contribution in [0.2, 0.25) is 0 Å². The van der Waals surface area contributed by atoms with Gasteiger partial charge in [-0.3, -0.25) is 4.79 Å². The van der Waals surface area contributed by atoms with E-state index >= 15 is 0 Å². The second kappa shape index (κ2) is 6.19. The SMILES string of the molecule is CC(C)(C)C(=O)CCCCC1CCSS1. The third-order valence-corrected chi connectivity index (χ3v) is 5.75. The molecule has 15 heavy (non-hydrogen) atoms. The molecule has 1 heterocycles. The van der Waals surface area contributed by atoms with Gasteiger partial charge in [0.25, 0.3) is 0 Å². The first-order valence-electron chi connectivity index (χ1n) is 5.82. The van der Waals surface area contributed by atoms with E-state index in [1.54, 1.807) is 0 Å². The standard InChI is InChI=1S/C12H22OS2/c1-12(2,3)11(13)7-5-4-6-10-8-9-14-15-10/h10H,4-9H2,1-3H3. The average molecular weight is 246 g/mol. The van der Waals surface area contributed by atoms with E-state index in [1.165, 1.54) is 25.0 Å². The van der Waals surface area contributed by atoms with Crippen LogP contribution >= 0.6 is 21.6 Å². The second-order valence-corrected chi connectivity index (χ2v) is 8.04. The summed E-state index contributed by atoms with van der Waals surface area (Å²) in [6.45, 7) is 6.04. The van der Waals surface area contributed by atoms with Crippen LogP contribution < -0.4 is 0 Å². The average Bonchev–Trinajstić information content (AvgIpc) is 2.63. The smallest absolute Gasteiger partial charge is 0.138 e. The fraction of sp³-hybridized carbons (Fsp3) is 0.917. The molecular formula is C12H22OS2. The lowest BCUT2D eigenvalue weighted by Crippen LogP contribution is -2.19. The molecule has 1 fully saturated rings.